The second kappa shape index (κ2) is 9.53. The van der Waals surface area contributed by atoms with E-state index < -0.39 is 23.3 Å². The molecule has 0 saturated carbocycles. The van der Waals surface area contributed by atoms with Gasteiger partial charge in [-0.25, -0.2) is 4.79 Å². The zero-order chi connectivity index (χ0) is 22.7. The number of nitrogens with one attached hydrogen (secondary N) is 1. The number of ether oxygens (including phenoxy) is 1. The van der Waals surface area contributed by atoms with Crippen molar-refractivity contribution < 1.29 is 28.8 Å². The maximum atomic E-state index is 12.7. The molecule has 2 aliphatic rings. The minimum absolute atomic E-state index is 0.0920. The number of carbonyl (C=O) groups is 3. The standard InChI is InChI=1S/C21H19N3O6S2/c1-29-16-9-13(30-23-16)8-7-12-10-32-20-17(19(26)24(20)18(12)21(27)28)22-15(25)11-31-14-5-3-2-4-6-14/h2-9,17,20H,10-11H2,1H3,(H,22,25)(H,27,28)/b8-7+/t17-,20-/m1/s1. The second-order valence-corrected chi connectivity index (χ2v) is 8.99. The summed E-state index contributed by atoms with van der Waals surface area (Å²) in [6, 6.07) is 10.3. The average Bonchev–Trinajstić information content (AvgIpc) is 3.28. The van der Waals surface area contributed by atoms with E-state index in [1.165, 1.54) is 35.5 Å². The maximum absolute atomic E-state index is 12.7. The lowest BCUT2D eigenvalue weighted by molar-refractivity contribution is -0.150. The zero-order valence-corrected chi connectivity index (χ0v) is 18.5. The fourth-order valence-electron chi connectivity index (χ4n) is 3.28. The van der Waals surface area contributed by atoms with Crippen LogP contribution in [0.3, 0.4) is 0 Å². The van der Waals surface area contributed by atoms with E-state index in [2.05, 4.69) is 10.5 Å². The van der Waals surface area contributed by atoms with Gasteiger partial charge >= 0.3 is 5.97 Å². The molecule has 0 aliphatic carbocycles. The quantitative estimate of drug-likeness (QED) is 0.439. The van der Waals surface area contributed by atoms with Crippen molar-refractivity contribution in [2.75, 3.05) is 18.6 Å². The lowest BCUT2D eigenvalue weighted by atomic mass is 10.0. The number of amides is 2. The summed E-state index contributed by atoms with van der Waals surface area (Å²) in [6.07, 6.45) is 3.15. The van der Waals surface area contributed by atoms with Gasteiger partial charge in [0.25, 0.3) is 11.8 Å². The fourth-order valence-corrected chi connectivity index (χ4v) is 5.33. The van der Waals surface area contributed by atoms with Gasteiger partial charge in [0, 0.05) is 16.7 Å². The number of β-lactam (4-membered cyclic amide) rings is 1. The van der Waals surface area contributed by atoms with E-state index in [4.69, 9.17) is 9.26 Å². The third kappa shape index (κ3) is 4.53. The molecule has 2 N–H and O–H groups in total. The summed E-state index contributed by atoms with van der Waals surface area (Å²) in [7, 11) is 1.46. The number of aromatic nitrogens is 1. The number of hydrogen-bond acceptors (Lipinski definition) is 8. The summed E-state index contributed by atoms with van der Waals surface area (Å²) < 4.78 is 10.0. The molecule has 0 unspecified atom stereocenters. The fraction of sp³-hybridized carbons (Fsp3) is 0.238. The van der Waals surface area contributed by atoms with Crippen LogP contribution in [0.5, 0.6) is 5.88 Å². The van der Waals surface area contributed by atoms with Crippen LogP contribution in [0.25, 0.3) is 6.08 Å². The van der Waals surface area contributed by atoms with Gasteiger partial charge in [-0.1, -0.05) is 24.3 Å². The highest BCUT2D eigenvalue weighted by atomic mass is 32.2. The number of nitrogens with zero attached hydrogens (tertiary/aromatic N) is 2. The van der Waals surface area contributed by atoms with Crippen molar-refractivity contribution in [2.24, 2.45) is 0 Å². The summed E-state index contributed by atoms with van der Waals surface area (Å²) in [4.78, 5) is 39.1. The number of allylic oxidation sites excluding steroid dienone is 1. The molecule has 1 fully saturated rings. The highest BCUT2D eigenvalue weighted by molar-refractivity contribution is 8.00. The van der Waals surface area contributed by atoms with Crippen molar-refractivity contribution in [3.8, 4) is 5.88 Å². The Balaban J connectivity index is 1.42. The van der Waals surface area contributed by atoms with E-state index >= 15 is 0 Å². The Bertz CT molecular complexity index is 1100. The van der Waals surface area contributed by atoms with Crippen LogP contribution in [-0.2, 0) is 14.4 Å². The number of fused-ring (bicyclic) bond motifs is 1. The molecule has 1 saturated heterocycles. The molecule has 0 spiro atoms. The molecule has 0 radical (unpaired) electrons. The van der Waals surface area contributed by atoms with Gasteiger partial charge in [-0.3, -0.25) is 14.5 Å². The first-order valence-corrected chi connectivity index (χ1v) is 11.6. The van der Waals surface area contributed by atoms with Gasteiger partial charge in [-0.05, 0) is 28.9 Å². The summed E-state index contributed by atoms with van der Waals surface area (Å²) >= 11 is 2.77. The van der Waals surface area contributed by atoms with Crippen LogP contribution in [0.15, 0.2) is 63.2 Å². The number of rotatable bonds is 8. The van der Waals surface area contributed by atoms with E-state index in [-0.39, 0.29) is 17.4 Å². The number of carbonyl (C=O) groups excluding carboxylic acids is 2. The number of benzene rings is 1. The molecular formula is C21H19N3O6S2. The molecule has 11 heteroatoms. The molecule has 3 heterocycles. The molecule has 4 rings (SSSR count). The Morgan fingerprint density at radius 2 is 2.16 bits per heavy atom. The maximum Gasteiger partial charge on any atom is 0.352 e. The Labute approximate surface area is 191 Å². The highest BCUT2D eigenvalue weighted by Crippen LogP contribution is 2.40. The van der Waals surface area contributed by atoms with Crippen LogP contribution < -0.4 is 10.1 Å². The van der Waals surface area contributed by atoms with Gasteiger partial charge in [0.2, 0.25) is 5.91 Å². The number of methoxy groups -OCH3 is 1. The molecule has 1 aromatic carbocycles. The molecule has 2 amide bonds. The number of thioether (sulfide) groups is 2. The van der Waals surface area contributed by atoms with Gasteiger partial charge in [0.15, 0.2) is 5.76 Å². The SMILES string of the molecule is COc1cc(/C=C/C2=C(C(=O)O)N3C(=O)[C@@H](NC(=O)CSc4ccccc4)[C@H]3SC2)on1. The summed E-state index contributed by atoms with van der Waals surface area (Å²) in [5.74, 6) is -0.694. The summed E-state index contributed by atoms with van der Waals surface area (Å²) in [5, 5.41) is 15.7. The topological polar surface area (TPSA) is 122 Å². The molecule has 32 heavy (non-hydrogen) atoms. The van der Waals surface area contributed by atoms with Crippen molar-refractivity contribution in [3.05, 3.63) is 59.5 Å². The average molecular weight is 474 g/mol. The van der Waals surface area contributed by atoms with Crippen molar-refractivity contribution in [3.63, 3.8) is 0 Å². The van der Waals surface area contributed by atoms with Crippen LogP contribution >= 0.6 is 23.5 Å². The van der Waals surface area contributed by atoms with Gasteiger partial charge in [0.05, 0.1) is 12.9 Å². The molecule has 166 valence electrons. The summed E-state index contributed by atoms with van der Waals surface area (Å²) in [6.45, 7) is 0. The van der Waals surface area contributed by atoms with Crippen LogP contribution in [0.2, 0.25) is 0 Å². The van der Waals surface area contributed by atoms with E-state index in [1.54, 1.807) is 18.2 Å². The number of carboxylic acids is 1. The van der Waals surface area contributed by atoms with Crippen LogP contribution in [0.4, 0.5) is 0 Å². The largest absolute Gasteiger partial charge is 0.479 e. The van der Waals surface area contributed by atoms with Crippen molar-refractivity contribution in [1.29, 1.82) is 0 Å². The Hall–Kier alpha value is -3.18. The highest BCUT2D eigenvalue weighted by Gasteiger charge is 2.53. The molecular weight excluding hydrogens is 454 g/mol. The van der Waals surface area contributed by atoms with Gasteiger partial charge in [-0.2, -0.15) is 0 Å². The van der Waals surface area contributed by atoms with E-state index in [9.17, 15) is 19.5 Å². The van der Waals surface area contributed by atoms with Gasteiger partial charge < -0.3 is 19.7 Å². The summed E-state index contributed by atoms with van der Waals surface area (Å²) in [5.41, 5.74) is 0.373. The molecule has 1 aromatic heterocycles. The zero-order valence-electron chi connectivity index (χ0n) is 16.9. The first-order chi connectivity index (χ1) is 15.5. The van der Waals surface area contributed by atoms with Crippen molar-refractivity contribution >= 4 is 47.4 Å². The number of hydrogen-bond donors (Lipinski definition) is 2. The third-order valence-corrected chi connectivity index (χ3v) is 7.11. The number of aliphatic carboxylic acids is 1. The first-order valence-electron chi connectivity index (χ1n) is 9.55. The van der Waals surface area contributed by atoms with E-state index in [1.807, 2.05) is 30.3 Å². The third-order valence-electron chi connectivity index (χ3n) is 4.79. The molecule has 2 atom stereocenters. The molecule has 2 aliphatic heterocycles. The van der Waals surface area contributed by atoms with Crippen molar-refractivity contribution in [1.82, 2.24) is 15.4 Å². The van der Waals surface area contributed by atoms with E-state index in [0.29, 0.717) is 23.0 Å². The Kier molecular flexibility index (Phi) is 6.56. The van der Waals surface area contributed by atoms with Crippen molar-refractivity contribution in [2.45, 2.75) is 16.3 Å². The van der Waals surface area contributed by atoms with E-state index in [0.717, 1.165) is 4.90 Å². The normalized spacial score (nSPS) is 20.2. The lowest BCUT2D eigenvalue weighted by Crippen LogP contribution is -2.70. The number of carboxylic acid groups (broad SMARTS) is 1. The molecule has 2 aromatic rings. The monoisotopic (exact) mass is 473 g/mol. The predicted octanol–water partition coefficient (Wildman–Crippen LogP) is 2.23. The van der Waals surface area contributed by atoms with Crippen LogP contribution in [0, 0.1) is 0 Å². The molecule has 0 bridgehead atoms. The Morgan fingerprint density at radius 1 is 1.38 bits per heavy atom. The van der Waals surface area contributed by atoms with Crippen LogP contribution in [0.1, 0.15) is 5.76 Å². The Morgan fingerprint density at radius 3 is 2.84 bits per heavy atom. The minimum atomic E-state index is -1.21. The van der Waals surface area contributed by atoms with Gasteiger partial charge in [0.1, 0.15) is 17.1 Å². The second-order valence-electron chi connectivity index (χ2n) is 6.84. The first kappa shape index (κ1) is 22.0. The smallest absolute Gasteiger partial charge is 0.352 e. The van der Waals surface area contributed by atoms with Gasteiger partial charge in [-0.15, -0.1) is 23.5 Å². The predicted molar refractivity (Wildman–Crippen MR) is 119 cm³/mol. The lowest BCUT2D eigenvalue weighted by Gasteiger charge is -2.49. The minimum Gasteiger partial charge on any atom is -0.479 e. The molecule has 9 nitrogen and oxygen atoms in total. The van der Waals surface area contributed by atoms with Crippen LogP contribution in [-0.4, -0.2) is 63.0 Å².